The molecule has 4 heteroatoms. The molecule has 1 aliphatic rings. The second-order valence-electron chi connectivity index (χ2n) is 5.46. The summed E-state index contributed by atoms with van der Waals surface area (Å²) in [6, 6.07) is 12.6. The fourth-order valence-electron chi connectivity index (χ4n) is 2.66. The first-order chi connectivity index (χ1) is 9.70. The molecule has 1 fully saturated rings. The van der Waals surface area contributed by atoms with Gasteiger partial charge in [0.25, 0.3) is 0 Å². The number of hydrogen-bond acceptors (Lipinski definition) is 4. The predicted octanol–water partition coefficient (Wildman–Crippen LogP) is 1.99. The van der Waals surface area contributed by atoms with E-state index in [4.69, 9.17) is 10.7 Å². The molecule has 0 amide bonds. The summed E-state index contributed by atoms with van der Waals surface area (Å²) in [7, 11) is 0. The van der Waals surface area contributed by atoms with Gasteiger partial charge >= 0.3 is 0 Å². The maximum absolute atomic E-state index is 5.95. The Kier molecular flexibility index (Phi) is 3.76. The van der Waals surface area contributed by atoms with E-state index >= 15 is 0 Å². The Morgan fingerprint density at radius 2 is 2.05 bits per heavy atom. The van der Waals surface area contributed by atoms with Crippen LogP contribution >= 0.6 is 0 Å². The van der Waals surface area contributed by atoms with Gasteiger partial charge in [-0.1, -0.05) is 30.3 Å². The molecule has 2 aromatic rings. The third-order valence-electron chi connectivity index (χ3n) is 3.64. The van der Waals surface area contributed by atoms with Gasteiger partial charge in [-0.05, 0) is 19.4 Å². The van der Waals surface area contributed by atoms with Crippen molar-refractivity contribution in [2.24, 2.45) is 5.73 Å². The van der Waals surface area contributed by atoms with Crippen molar-refractivity contribution in [2.75, 3.05) is 13.1 Å². The Morgan fingerprint density at radius 3 is 2.75 bits per heavy atom. The molecule has 1 aliphatic heterocycles. The highest BCUT2D eigenvalue weighted by atomic mass is 15.2. The van der Waals surface area contributed by atoms with Crippen LogP contribution in [0.3, 0.4) is 0 Å². The maximum atomic E-state index is 5.95. The van der Waals surface area contributed by atoms with Gasteiger partial charge in [0.2, 0.25) is 0 Å². The summed E-state index contributed by atoms with van der Waals surface area (Å²) >= 11 is 0. The fourth-order valence-corrected chi connectivity index (χ4v) is 2.66. The van der Waals surface area contributed by atoms with Crippen LogP contribution in [-0.4, -0.2) is 34.0 Å². The van der Waals surface area contributed by atoms with Crippen molar-refractivity contribution in [3.8, 4) is 11.3 Å². The van der Waals surface area contributed by atoms with Crippen molar-refractivity contribution in [1.82, 2.24) is 14.9 Å². The van der Waals surface area contributed by atoms with Crippen LogP contribution in [0.5, 0.6) is 0 Å². The molecule has 0 saturated carbocycles. The molecule has 0 aliphatic carbocycles. The summed E-state index contributed by atoms with van der Waals surface area (Å²) in [6.07, 6.45) is 1.07. The van der Waals surface area contributed by atoms with E-state index in [1.807, 2.05) is 31.2 Å². The summed E-state index contributed by atoms with van der Waals surface area (Å²) < 4.78 is 0. The summed E-state index contributed by atoms with van der Waals surface area (Å²) in [4.78, 5) is 11.6. The van der Waals surface area contributed by atoms with Crippen LogP contribution in [0.2, 0.25) is 0 Å². The topological polar surface area (TPSA) is 55.0 Å². The monoisotopic (exact) mass is 268 g/mol. The van der Waals surface area contributed by atoms with E-state index in [2.05, 4.69) is 22.0 Å². The highest BCUT2D eigenvalue weighted by molar-refractivity contribution is 5.58. The SMILES string of the molecule is Cc1cc(-c2ccccc2)nc(CN2CC[C@H](N)C2)n1. The fraction of sp³-hybridized carbons (Fsp3) is 0.375. The third-order valence-corrected chi connectivity index (χ3v) is 3.64. The number of nitrogens with two attached hydrogens (primary N) is 1. The first-order valence-electron chi connectivity index (χ1n) is 7.08. The summed E-state index contributed by atoms with van der Waals surface area (Å²) in [5, 5.41) is 0. The van der Waals surface area contributed by atoms with Gasteiger partial charge in [-0.3, -0.25) is 4.90 Å². The van der Waals surface area contributed by atoms with Crippen LogP contribution < -0.4 is 5.73 Å². The van der Waals surface area contributed by atoms with Gasteiger partial charge in [-0.2, -0.15) is 0 Å². The lowest BCUT2D eigenvalue weighted by Gasteiger charge is -2.15. The van der Waals surface area contributed by atoms with E-state index < -0.39 is 0 Å². The zero-order valence-electron chi connectivity index (χ0n) is 11.8. The van der Waals surface area contributed by atoms with Gasteiger partial charge in [0.15, 0.2) is 0 Å². The summed E-state index contributed by atoms with van der Waals surface area (Å²) in [5.41, 5.74) is 9.09. The lowest BCUT2D eigenvalue weighted by molar-refractivity contribution is 0.318. The minimum Gasteiger partial charge on any atom is -0.326 e. The van der Waals surface area contributed by atoms with E-state index in [0.717, 1.165) is 48.8 Å². The van der Waals surface area contributed by atoms with E-state index in [9.17, 15) is 0 Å². The Balaban J connectivity index is 1.83. The van der Waals surface area contributed by atoms with Crippen LogP contribution in [0, 0.1) is 6.92 Å². The van der Waals surface area contributed by atoms with Crippen molar-refractivity contribution in [1.29, 1.82) is 0 Å². The Morgan fingerprint density at radius 1 is 1.25 bits per heavy atom. The molecule has 1 saturated heterocycles. The first-order valence-corrected chi connectivity index (χ1v) is 7.08. The van der Waals surface area contributed by atoms with Gasteiger partial charge in [0.1, 0.15) is 5.82 Å². The standard InChI is InChI=1S/C16H20N4/c1-12-9-15(13-5-3-2-4-6-13)19-16(18-12)11-20-8-7-14(17)10-20/h2-6,9,14H,7-8,10-11,17H2,1H3/t14-/m0/s1. The molecule has 0 spiro atoms. The molecule has 1 aromatic heterocycles. The zero-order chi connectivity index (χ0) is 13.9. The predicted molar refractivity (Wildman–Crippen MR) is 80.1 cm³/mol. The van der Waals surface area contributed by atoms with Crippen molar-refractivity contribution in [2.45, 2.75) is 25.9 Å². The van der Waals surface area contributed by atoms with Crippen molar-refractivity contribution < 1.29 is 0 Å². The zero-order valence-corrected chi connectivity index (χ0v) is 11.8. The molecule has 0 radical (unpaired) electrons. The average molecular weight is 268 g/mol. The molecule has 1 atom stereocenters. The molecule has 20 heavy (non-hydrogen) atoms. The molecular formula is C16H20N4. The van der Waals surface area contributed by atoms with Gasteiger partial charge in [-0.15, -0.1) is 0 Å². The highest BCUT2D eigenvalue weighted by Gasteiger charge is 2.20. The van der Waals surface area contributed by atoms with Gasteiger partial charge in [-0.25, -0.2) is 9.97 Å². The second-order valence-corrected chi connectivity index (χ2v) is 5.46. The Hall–Kier alpha value is -1.78. The highest BCUT2D eigenvalue weighted by Crippen LogP contribution is 2.18. The summed E-state index contributed by atoms with van der Waals surface area (Å²) in [5.74, 6) is 0.887. The Bertz CT molecular complexity index is 582. The number of aromatic nitrogens is 2. The Labute approximate surface area is 119 Å². The summed E-state index contributed by atoms with van der Waals surface area (Å²) in [6.45, 7) is 4.79. The van der Waals surface area contributed by atoms with Crippen molar-refractivity contribution in [3.05, 3.63) is 47.9 Å². The molecule has 104 valence electrons. The first kappa shape index (κ1) is 13.2. The molecule has 2 N–H and O–H groups in total. The van der Waals surface area contributed by atoms with Crippen molar-refractivity contribution in [3.63, 3.8) is 0 Å². The van der Waals surface area contributed by atoms with Crippen LogP contribution in [0.4, 0.5) is 0 Å². The number of aryl methyl sites for hydroxylation is 1. The largest absolute Gasteiger partial charge is 0.326 e. The lowest BCUT2D eigenvalue weighted by atomic mass is 10.1. The van der Waals surface area contributed by atoms with Crippen molar-refractivity contribution >= 4 is 0 Å². The number of hydrogen-bond donors (Lipinski definition) is 1. The van der Waals surface area contributed by atoms with E-state index in [1.54, 1.807) is 0 Å². The number of nitrogens with zero attached hydrogens (tertiary/aromatic N) is 3. The second kappa shape index (κ2) is 5.69. The van der Waals surface area contributed by atoms with E-state index in [1.165, 1.54) is 0 Å². The maximum Gasteiger partial charge on any atom is 0.143 e. The van der Waals surface area contributed by atoms with Gasteiger partial charge < -0.3 is 5.73 Å². The van der Waals surface area contributed by atoms with E-state index in [-0.39, 0.29) is 0 Å². The molecule has 4 nitrogen and oxygen atoms in total. The van der Waals surface area contributed by atoms with E-state index in [0.29, 0.717) is 6.04 Å². The molecule has 2 heterocycles. The number of likely N-dealkylation sites (tertiary alicyclic amines) is 1. The van der Waals surface area contributed by atoms with Gasteiger partial charge in [0, 0.05) is 30.4 Å². The normalized spacial score (nSPS) is 19.4. The number of benzene rings is 1. The third kappa shape index (κ3) is 3.03. The number of rotatable bonds is 3. The quantitative estimate of drug-likeness (QED) is 0.925. The van der Waals surface area contributed by atoms with Crippen LogP contribution in [-0.2, 0) is 6.54 Å². The van der Waals surface area contributed by atoms with Crippen LogP contribution in [0.1, 0.15) is 17.9 Å². The smallest absolute Gasteiger partial charge is 0.143 e. The van der Waals surface area contributed by atoms with Crippen LogP contribution in [0.25, 0.3) is 11.3 Å². The molecule has 0 bridgehead atoms. The van der Waals surface area contributed by atoms with Gasteiger partial charge in [0.05, 0.1) is 12.2 Å². The molecule has 1 aromatic carbocycles. The molecular weight excluding hydrogens is 248 g/mol. The van der Waals surface area contributed by atoms with Crippen LogP contribution in [0.15, 0.2) is 36.4 Å². The minimum absolute atomic E-state index is 0.299. The molecule has 0 unspecified atom stereocenters. The average Bonchev–Trinajstić information content (AvgIpc) is 2.84. The molecule has 3 rings (SSSR count). The lowest BCUT2D eigenvalue weighted by Crippen LogP contribution is -2.27. The minimum atomic E-state index is 0.299.